The number of nitrogens with zero attached hydrogens (tertiary/aromatic N) is 1. The van der Waals surface area contributed by atoms with Gasteiger partial charge < -0.3 is 20.1 Å². The lowest BCUT2D eigenvalue weighted by molar-refractivity contribution is -0.384. The maximum Gasteiger partial charge on any atom is 0.293 e. The van der Waals surface area contributed by atoms with Crippen LogP contribution in [0.1, 0.15) is 15.9 Å². The van der Waals surface area contributed by atoms with E-state index >= 15 is 0 Å². The van der Waals surface area contributed by atoms with Gasteiger partial charge in [0.15, 0.2) is 0 Å². The first-order chi connectivity index (χ1) is 12.5. The lowest BCUT2D eigenvalue weighted by Crippen LogP contribution is -2.23. The van der Waals surface area contributed by atoms with E-state index in [1.165, 1.54) is 12.1 Å². The van der Waals surface area contributed by atoms with Crippen LogP contribution in [0.4, 0.5) is 11.4 Å². The van der Waals surface area contributed by atoms with Crippen molar-refractivity contribution in [2.75, 3.05) is 32.7 Å². The Labute approximate surface area is 151 Å². The first-order valence-electron chi connectivity index (χ1n) is 7.97. The Balaban J connectivity index is 2.07. The lowest BCUT2D eigenvalue weighted by Gasteiger charge is -2.09. The van der Waals surface area contributed by atoms with E-state index in [9.17, 15) is 14.9 Å². The Morgan fingerprint density at radius 2 is 2.00 bits per heavy atom. The van der Waals surface area contributed by atoms with Gasteiger partial charge in [-0.15, -0.1) is 0 Å². The molecule has 0 unspecified atom stereocenters. The maximum absolute atomic E-state index is 12.3. The average molecular weight is 359 g/mol. The molecule has 0 spiro atoms. The highest BCUT2D eigenvalue weighted by Gasteiger charge is 2.17. The van der Waals surface area contributed by atoms with Gasteiger partial charge in [-0.2, -0.15) is 0 Å². The van der Waals surface area contributed by atoms with Gasteiger partial charge in [0.25, 0.3) is 11.6 Å². The third-order valence-corrected chi connectivity index (χ3v) is 3.67. The second kappa shape index (κ2) is 9.38. The zero-order valence-electron chi connectivity index (χ0n) is 14.7. The van der Waals surface area contributed by atoms with Crippen LogP contribution in [0.15, 0.2) is 42.5 Å². The first-order valence-corrected chi connectivity index (χ1v) is 7.97. The van der Waals surface area contributed by atoms with Crippen LogP contribution in [-0.2, 0) is 11.3 Å². The number of nitro groups is 1. The Bertz CT molecular complexity index is 779. The smallest absolute Gasteiger partial charge is 0.293 e. The number of nitrogens with one attached hydrogen (secondary N) is 2. The number of methoxy groups -OCH3 is 2. The standard InChI is InChI=1S/C18H21N3O5/c1-25-9-8-19-16-7-6-14(11-17(16)21(23)24)18(22)20-12-13-4-3-5-15(10-13)26-2/h3-7,10-11,19H,8-9,12H2,1-2H3,(H,20,22). The second-order valence-electron chi connectivity index (χ2n) is 5.44. The van der Waals surface area contributed by atoms with E-state index in [2.05, 4.69) is 10.6 Å². The molecule has 8 heteroatoms. The number of rotatable bonds is 9. The van der Waals surface area contributed by atoms with Crippen LogP contribution in [-0.4, -0.2) is 38.2 Å². The Morgan fingerprint density at radius 1 is 1.19 bits per heavy atom. The Morgan fingerprint density at radius 3 is 2.69 bits per heavy atom. The average Bonchev–Trinajstić information content (AvgIpc) is 2.66. The summed E-state index contributed by atoms with van der Waals surface area (Å²) in [6.45, 7) is 1.14. The van der Waals surface area contributed by atoms with Crippen molar-refractivity contribution in [1.82, 2.24) is 5.32 Å². The number of ether oxygens (including phenoxy) is 2. The van der Waals surface area contributed by atoms with Crippen molar-refractivity contribution in [3.8, 4) is 5.75 Å². The lowest BCUT2D eigenvalue weighted by atomic mass is 10.1. The van der Waals surface area contributed by atoms with Gasteiger partial charge in [-0.3, -0.25) is 14.9 Å². The number of hydrogen-bond acceptors (Lipinski definition) is 6. The van der Waals surface area contributed by atoms with Gasteiger partial charge in [0.2, 0.25) is 0 Å². The Hall–Kier alpha value is -3.13. The molecule has 0 aliphatic heterocycles. The van der Waals surface area contributed by atoms with Gasteiger partial charge in [0.05, 0.1) is 18.6 Å². The van der Waals surface area contributed by atoms with Crippen LogP contribution in [0, 0.1) is 10.1 Å². The highest BCUT2D eigenvalue weighted by molar-refractivity contribution is 5.95. The summed E-state index contributed by atoms with van der Waals surface area (Å²) < 4.78 is 10.0. The van der Waals surface area contributed by atoms with Gasteiger partial charge >= 0.3 is 0 Å². The predicted octanol–water partition coefficient (Wildman–Crippen LogP) is 2.59. The molecule has 2 N–H and O–H groups in total. The minimum absolute atomic E-state index is 0.157. The van der Waals surface area contributed by atoms with Gasteiger partial charge in [-0.25, -0.2) is 0 Å². The minimum atomic E-state index is -0.520. The van der Waals surface area contributed by atoms with Gasteiger partial charge in [0.1, 0.15) is 11.4 Å². The molecule has 0 aliphatic carbocycles. The highest BCUT2D eigenvalue weighted by atomic mass is 16.6. The summed E-state index contributed by atoms with van der Waals surface area (Å²) in [6, 6.07) is 11.6. The first kappa shape index (κ1) is 19.2. The zero-order chi connectivity index (χ0) is 18.9. The van der Waals surface area contributed by atoms with Crippen molar-refractivity contribution in [2.45, 2.75) is 6.54 Å². The van der Waals surface area contributed by atoms with Crippen molar-refractivity contribution in [1.29, 1.82) is 0 Å². The molecule has 1 amide bonds. The summed E-state index contributed by atoms with van der Waals surface area (Å²) in [6.07, 6.45) is 0. The van der Waals surface area contributed by atoms with E-state index in [0.29, 0.717) is 24.6 Å². The van der Waals surface area contributed by atoms with Crippen molar-refractivity contribution in [3.05, 3.63) is 63.7 Å². The third-order valence-electron chi connectivity index (χ3n) is 3.67. The number of amides is 1. The fraction of sp³-hybridized carbons (Fsp3) is 0.278. The highest BCUT2D eigenvalue weighted by Crippen LogP contribution is 2.25. The van der Waals surface area contributed by atoms with Gasteiger partial charge in [-0.1, -0.05) is 12.1 Å². The van der Waals surface area contributed by atoms with Crippen molar-refractivity contribution >= 4 is 17.3 Å². The SMILES string of the molecule is COCCNc1ccc(C(=O)NCc2cccc(OC)c2)cc1[N+](=O)[O-]. The summed E-state index contributed by atoms with van der Waals surface area (Å²) in [5, 5.41) is 16.9. The summed E-state index contributed by atoms with van der Waals surface area (Å²) in [5.74, 6) is 0.304. The quantitative estimate of drug-likeness (QED) is 0.405. The molecule has 2 rings (SSSR count). The van der Waals surface area contributed by atoms with E-state index in [0.717, 1.165) is 5.56 Å². The van der Waals surface area contributed by atoms with Gasteiger partial charge in [-0.05, 0) is 29.8 Å². The molecule has 26 heavy (non-hydrogen) atoms. The van der Waals surface area contributed by atoms with Crippen LogP contribution in [0.3, 0.4) is 0 Å². The minimum Gasteiger partial charge on any atom is -0.497 e. The van der Waals surface area contributed by atoms with Crippen molar-refractivity contribution in [2.24, 2.45) is 0 Å². The van der Waals surface area contributed by atoms with Crippen LogP contribution in [0.5, 0.6) is 5.75 Å². The molecule has 138 valence electrons. The van der Waals surface area contributed by atoms with Crippen LogP contribution < -0.4 is 15.4 Å². The molecular formula is C18H21N3O5. The molecule has 2 aromatic rings. The largest absolute Gasteiger partial charge is 0.497 e. The van der Waals surface area contributed by atoms with E-state index in [4.69, 9.17) is 9.47 Å². The summed E-state index contributed by atoms with van der Waals surface area (Å²) in [7, 11) is 3.12. The fourth-order valence-electron chi connectivity index (χ4n) is 2.33. The zero-order valence-corrected chi connectivity index (χ0v) is 14.7. The van der Waals surface area contributed by atoms with Crippen LogP contribution >= 0.6 is 0 Å². The molecule has 0 atom stereocenters. The number of nitro benzene ring substituents is 1. The number of carbonyl (C=O) groups excluding carboxylic acids is 1. The normalized spacial score (nSPS) is 10.2. The molecule has 2 aromatic carbocycles. The summed E-state index contributed by atoms with van der Waals surface area (Å²) in [5.41, 5.74) is 1.27. The molecular weight excluding hydrogens is 338 g/mol. The third kappa shape index (κ3) is 5.18. The number of hydrogen-bond donors (Lipinski definition) is 2. The van der Waals surface area contributed by atoms with E-state index in [1.807, 2.05) is 24.3 Å². The molecule has 0 saturated heterocycles. The van der Waals surface area contributed by atoms with Gasteiger partial charge in [0, 0.05) is 31.8 Å². The number of carbonyl (C=O) groups is 1. The Kier molecular flexibility index (Phi) is 6.92. The molecule has 8 nitrogen and oxygen atoms in total. The number of benzene rings is 2. The molecule has 0 heterocycles. The molecule has 0 bridgehead atoms. The monoisotopic (exact) mass is 359 g/mol. The molecule has 0 saturated carbocycles. The second-order valence-corrected chi connectivity index (χ2v) is 5.44. The van der Waals surface area contributed by atoms with Crippen molar-refractivity contribution in [3.63, 3.8) is 0 Å². The van der Waals surface area contributed by atoms with E-state index < -0.39 is 4.92 Å². The topological polar surface area (TPSA) is 103 Å². The van der Waals surface area contributed by atoms with Crippen molar-refractivity contribution < 1.29 is 19.2 Å². The van der Waals surface area contributed by atoms with Crippen LogP contribution in [0.2, 0.25) is 0 Å². The molecule has 0 aromatic heterocycles. The summed E-state index contributed by atoms with van der Waals surface area (Å²) in [4.78, 5) is 23.1. The molecule has 0 aliphatic rings. The fourth-order valence-corrected chi connectivity index (χ4v) is 2.33. The number of anilines is 1. The van der Waals surface area contributed by atoms with E-state index in [1.54, 1.807) is 20.3 Å². The van der Waals surface area contributed by atoms with Crippen LogP contribution in [0.25, 0.3) is 0 Å². The van der Waals surface area contributed by atoms with E-state index in [-0.39, 0.29) is 23.7 Å². The predicted molar refractivity (Wildman–Crippen MR) is 97.6 cm³/mol. The molecule has 0 fully saturated rings. The maximum atomic E-state index is 12.3. The molecule has 0 radical (unpaired) electrons. The summed E-state index contributed by atoms with van der Waals surface area (Å²) >= 11 is 0.